The standard InChI is InChI=1S/C28H36O8/c1-17-9-10-27-15-33-25(31)12-18(2)14-32-20(19(3)29)7-5-6-8-24(30)36-21-13-23(35-22(27)11-17)28(16-34-28)26(21,27)4/h5-8,11-12,19-23,29H,9-10,13-16H2,1-4H3/b7-5+,8-6-,18-12+/t19-,20-,21-,22-,23-,26-,27-,28+/m1/s1. The van der Waals surface area contributed by atoms with E-state index in [2.05, 4.69) is 19.9 Å². The Hall–Kier alpha value is -2.26. The summed E-state index contributed by atoms with van der Waals surface area (Å²) in [5.41, 5.74) is 0.149. The van der Waals surface area contributed by atoms with Gasteiger partial charge in [0.2, 0.25) is 0 Å². The average molecular weight is 501 g/mol. The SMILES string of the molecule is CC1=C[C@H]2O[C@@H]3C[C@H]4OC(=O)/C=C\C=C\[C@H]([C@@H](C)O)OC/C(C)=C/C(=O)OC[C@@]2(CC1)[C@]4(C)[C@]31CO1. The minimum Gasteiger partial charge on any atom is -0.462 e. The van der Waals surface area contributed by atoms with E-state index in [9.17, 15) is 14.7 Å². The van der Waals surface area contributed by atoms with E-state index in [0.717, 1.165) is 12.8 Å². The third kappa shape index (κ3) is 3.99. The first-order chi connectivity index (χ1) is 17.1. The van der Waals surface area contributed by atoms with Crippen LogP contribution in [-0.2, 0) is 33.3 Å². The Kier molecular flexibility index (Phi) is 6.52. The van der Waals surface area contributed by atoms with Gasteiger partial charge in [0.05, 0.1) is 36.9 Å². The van der Waals surface area contributed by atoms with Gasteiger partial charge in [-0.05, 0) is 39.2 Å². The van der Waals surface area contributed by atoms with Crippen LogP contribution in [0, 0.1) is 10.8 Å². The maximum Gasteiger partial charge on any atom is 0.331 e. The van der Waals surface area contributed by atoms with Crippen LogP contribution in [0.15, 0.2) is 47.6 Å². The fraction of sp³-hybridized carbons (Fsp3) is 0.643. The number of rotatable bonds is 1. The third-order valence-electron chi connectivity index (χ3n) is 8.94. The number of aliphatic hydroxyl groups is 1. The molecule has 0 unspecified atom stereocenters. The summed E-state index contributed by atoms with van der Waals surface area (Å²) in [7, 11) is 0. The summed E-state index contributed by atoms with van der Waals surface area (Å²) in [6.07, 6.45) is 9.65. The topological polar surface area (TPSA) is 104 Å². The molecule has 8 nitrogen and oxygen atoms in total. The highest BCUT2D eigenvalue weighted by Crippen LogP contribution is 2.72. The predicted molar refractivity (Wildman–Crippen MR) is 130 cm³/mol. The summed E-state index contributed by atoms with van der Waals surface area (Å²) < 4.78 is 30.5. The fourth-order valence-electron chi connectivity index (χ4n) is 6.69. The van der Waals surface area contributed by atoms with Gasteiger partial charge in [-0.1, -0.05) is 36.8 Å². The molecule has 3 fully saturated rings. The molecule has 196 valence electrons. The summed E-state index contributed by atoms with van der Waals surface area (Å²) in [6, 6.07) is 0. The molecule has 0 aromatic carbocycles. The Morgan fingerprint density at radius 3 is 2.58 bits per heavy atom. The molecule has 5 rings (SSSR count). The lowest BCUT2D eigenvalue weighted by molar-refractivity contribution is -0.232. The molecule has 0 aromatic rings. The van der Waals surface area contributed by atoms with Crippen LogP contribution in [0.25, 0.3) is 0 Å². The highest BCUT2D eigenvalue weighted by Gasteiger charge is 2.83. The minimum atomic E-state index is -0.772. The lowest BCUT2D eigenvalue weighted by Gasteiger charge is -2.58. The molecule has 0 amide bonds. The van der Waals surface area contributed by atoms with Crippen LogP contribution in [-0.4, -0.2) is 73.0 Å². The fourth-order valence-corrected chi connectivity index (χ4v) is 6.69. The minimum absolute atomic E-state index is 0.126. The van der Waals surface area contributed by atoms with Gasteiger partial charge in [0.1, 0.15) is 24.4 Å². The van der Waals surface area contributed by atoms with Crippen molar-refractivity contribution in [1.82, 2.24) is 0 Å². The van der Waals surface area contributed by atoms with Crippen molar-refractivity contribution in [3.8, 4) is 0 Å². The van der Waals surface area contributed by atoms with E-state index in [1.54, 1.807) is 32.1 Å². The Morgan fingerprint density at radius 1 is 1.08 bits per heavy atom. The molecular formula is C28H36O8. The van der Waals surface area contributed by atoms with Gasteiger partial charge in [-0.3, -0.25) is 0 Å². The Balaban J connectivity index is 1.53. The van der Waals surface area contributed by atoms with Crippen LogP contribution in [0.5, 0.6) is 0 Å². The van der Waals surface area contributed by atoms with Crippen molar-refractivity contribution < 1.29 is 38.4 Å². The van der Waals surface area contributed by atoms with Crippen LogP contribution in [0.1, 0.15) is 47.0 Å². The lowest BCUT2D eigenvalue weighted by atomic mass is 9.51. The van der Waals surface area contributed by atoms with Crippen molar-refractivity contribution >= 4 is 11.9 Å². The smallest absolute Gasteiger partial charge is 0.331 e. The van der Waals surface area contributed by atoms with Crippen molar-refractivity contribution in [2.24, 2.45) is 10.8 Å². The van der Waals surface area contributed by atoms with E-state index in [1.165, 1.54) is 17.7 Å². The number of esters is 2. The normalized spacial score (nSPS) is 46.8. The molecule has 1 N–H and O–H groups in total. The van der Waals surface area contributed by atoms with Gasteiger partial charge in [-0.2, -0.15) is 0 Å². The number of allylic oxidation sites excluding steroid dienone is 3. The quantitative estimate of drug-likeness (QED) is 0.333. The second-order valence-electron chi connectivity index (χ2n) is 11.1. The van der Waals surface area contributed by atoms with E-state index in [1.807, 2.05) is 0 Å². The van der Waals surface area contributed by atoms with Gasteiger partial charge in [0.25, 0.3) is 0 Å². The molecule has 8 heteroatoms. The van der Waals surface area contributed by atoms with E-state index in [-0.39, 0.29) is 25.4 Å². The number of hydrogen-bond acceptors (Lipinski definition) is 8. The molecular weight excluding hydrogens is 464 g/mol. The first-order valence-corrected chi connectivity index (χ1v) is 12.8. The summed E-state index contributed by atoms with van der Waals surface area (Å²) in [4.78, 5) is 25.8. The predicted octanol–water partition coefficient (Wildman–Crippen LogP) is 2.95. The van der Waals surface area contributed by atoms with Crippen molar-refractivity contribution in [2.75, 3.05) is 19.8 Å². The summed E-state index contributed by atoms with van der Waals surface area (Å²) in [6.45, 7) is 8.42. The molecule has 2 aliphatic carbocycles. The number of hydrogen-bond donors (Lipinski definition) is 1. The number of aliphatic hydroxyl groups excluding tert-OH is 1. The Bertz CT molecular complexity index is 1030. The molecule has 0 radical (unpaired) electrons. The van der Waals surface area contributed by atoms with Crippen molar-refractivity contribution in [2.45, 2.75) is 83.1 Å². The van der Waals surface area contributed by atoms with Crippen molar-refractivity contribution in [3.05, 3.63) is 47.6 Å². The number of cyclic esters (lactones) is 1. The zero-order valence-corrected chi connectivity index (χ0v) is 21.4. The first-order valence-electron chi connectivity index (χ1n) is 12.8. The van der Waals surface area contributed by atoms with Crippen molar-refractivity contribution in [1.29, 1.82) is 0 Å². The number of ether oxygens (including phenoxy) is 5. The zero-order chi connectivity index (χ0) is 25.7. The van der Waals surface area contributed by atoms with Crippen LogP contribution in [0.4, 0.5) is 0 Å². The van der Waals surface area contributed by atoms with Gasteiger partial charge in [-0.15, -0.1) is 0 Å². The van der Waals surface area contributed by atoms with Crippen molar-refractivity contribution in [3.63, 3.8) is 0 Å². The third-order valence-corrected chi connectivity index (χ3v) is 8.94. The maximum atomic E-state index is 12.9. The van der Waals surface area contributed by atoms with Gasteiger partial charge < -0.3 is 28.8 Å². The van der Waals surface area contributed by atoms with Gasteiger partial charge >= 0.3 is 11.9 Å². The zero-order valence-electron chi connectivity index (χ0n) is 21.4. The molecule has 36 heavy (non-hydrogen) atoms. The number of epoxide rings is 1. The molecule has 5 aliphatic rings. The molecule has 3 heterocycles. The summed E-state index contributed by atoms with van der Waals surface area (Å²) >= 11 is 0. The molecule has 8 atom stereocenters. The van der Waals surface area contributed by atoms with Crippen LogP contribution in [0.2, 0.25) is 0 Å². The van der Waals surface area contributed by atoms with Gasteiger partial charge in [0.15, 0.2) is 0 Å². The average Bonchev–Trinajstić information content (AvgIpc) is 3.59. The summed E-state index contributed by atoms with van der Waals surface area (Å²) in [5, 5.41) is 10.0. The number of carbonyl (C=O) groups excluding carboxylic acids is 2. The monoisotopic (exact) mass is 500 g/mol. The summed E-state index contributed by atoms with van der Waals surface area (Å²) in [5.74, 6) is -0.926. The van der Waals surface area contributed by atoms with E-state index >= 15 is 0 Å². The second-order valence-corrected chi connectivity index (χ2v) is 11.1. The number of carbonyl (C=O) groups is 2. The maximum absolute atomic E-state index is 12.9. The second kappa shape index (κ2) is 9.24. The largest absolute Gasteiger partial charge is 0.462 e. The molecule has 2 saturated heterocycles. The molecule has 1 saturated carbocycles. The van der Waals surface area contributed by atoms with Crippen LogP contribution >= 0.6 is 0 Å². The van der Waals surface area contributed by atoms with Crippen LogP contribution in [0.3, 0.4) is 0 Å². The highest BCUT2D eigenvalue weighted by atomic mass is 16.6. The lowest BCUT2D eigenvalue weighted by Crippen LogP contribution is -2.66. The van der Waals surface area contributed by atoms with Gasteiger partial charge in [0, 0.05) is 24.0 Å². The molecule has 0 aromatic heterocycles. The molecule has 2 spiro atoms. The molecule has 3 aliphatic heterocycles. The Morgan fingerprint density at radius 2 is 1.86 bits per heavy atom. The molecule has 2 bridgehead atoms. The van der Waals surface area contributed by atoms with E-state index in [4.69, 9.17) is 23.7 Å². The van der Waals surface area contributed by atoms with Crippen LogP contribution < -0.4 is 0 Å². The first kappa shape index (κ1) is 25.4. The highest BCUT2D eigenvalue weighted by molar-refractivity contribution is 5.83. The van der Waals surface area contributed by atoms with E-state index < -0.39 is 46.7 Å². The van der Waals surface area contributed by atoms with Gasteiger partial charge in [-0.25, -0.2) is 9.59 Å². The Labute approximate surface area is 211 Å². The van der Waals surface area contributed by atoms with E-state index in [0.29, 0.717) is 18.6 Å².